The van der Waals surface area contributed by atoms with Crippen LogP contribution in [0.25, 0.3) is 93.5 Å². The third-order valence-corrected chi connectivity index (χ3v) is 9.88. The topological polar surface area (TPSA) is 20.7 Å². The highest BCUT2D eigenvalue weighted by atomic mass is 15.0. The maximum Gasteiger partial charge on any atom is 0.0619 e. The molecule has 224 valence electrons. The molecule has 0 radical (unpaired) electrons. The number of aromatic amines is 1. The molecule has 0 aliphatic heterocycles. The first-order valence-corrected chi connectivity index (χ1v) is 16.5. The van der Waals surface area contributed by atoms with Crippen LogP contribution < -0.4 is 0 Å². The molecule has 0 saturated carbocycles. The number of fused-ring (bicyclic) bond motifs is 8. The molecule has 2 heterocycles. The zero-order valence-electron chi connectivity index (χ0n) is 26.2. The largest absolute Gasteiger partial charge is 0.354 e. The van der Waals surface area contributed by atoms with Crippen LogP contribution in [0.15, 0.2) is 176 Å². The summed E-state index contributed by atoms with van der Waals surface area (Å²) >= 11 is 0. The lowest BCUT2D eigenvalue weighted by Gasteiger charge is -2.16. The first-order chi connectivity index (χ1) is 23.8. The molecular weight excluding hydrogens is 581 g/mol. The maximum atomic E-state index is 3.66. The fourth-order valence-corrected chi connectivity index (χ4v) is 7.69. The molecule has 0 aliphatic rings. The molecule has 10 aromatic rings. The monoisotopic (exact) mass is 610 g/mol. The van der Waals surface area contributed by atoms with E-state index < -0.39 is 0 Å². The predicted molar refractivity (Wildman–Crippen MR) is 204 cm³/mol. The Hall–Kier alpha value is -6.38. The average molecular weight is 611 g/mol. The van der Waals surface area contributed by atoms with Gasteiger partial charge in [0.15, 0.2) is 0 Å². The lowest BCUT2D eigenvalue weighted by Crippen LogP contribution is -1.97. The van der Waals surface area contributed by atoms with E-state index >= 15 is 0 Å². The minimum Gasteiger partial charge on any atom is -0.354 e. The molecular formula is C46H30N2. The Labute approximate surface area is 278 Å². The molecule has 0 unspecified atom stereocenters. The summed E-state index contributed by atoms with van der Waals surface area (Å²) < 4.78 is 2.48. The van der Waals surface area contributed by atoms with Gasteiger partial charge in [-0.3, -0.25) is 0 Å². The van der Waals surface area contributed by atoms with Gasteiger partial charge in [0, 0.05) is 43.7 Å². The number of nitrogens with one attached hydrogen (secondary N) is 1. The van der Waals surface area contributed by atoms with Crippen molar-refractivity contribution >= 4 is 54.4 Å². The Morgan fingerprint density at radius 1 is 0.333 bits per heavy atom. The minimum atomic E-state index is 1.15. The highest BCUT2D eigenvalue weighted by Crippen LogP contribution is 2.43. The quantitative estimate of drug-likeness (QED) is 0.205. The number of para-hydroxylation sites is 2. The van der Waals surface area contributed by atoms with E-state index in [-0.39, 0.29) is 0 Å². The maximum absolute atomic E-state index is 3.66. The zero-order chi connectivity index (χ0) is 31.6. The number of hydrogen-bond donors (Lipinski definition) is 1. The van der Waals surface area contributed by atoms with Gasteiger partial charge in [-0.25, -0.2) is 0 Å². The van der Waals surface area contributed by atoms with E-state index in [4.69, 9.17) is 0 Å². The van der Waals surface area contributed by atoms with Crippen LogP contribution in [-0.4, -0.2) is 9.55 Å². The third kappa shape index (κ3) is 4.13. The summed E-state index contributed by atoms with van der Waals surface area (Å²) in [6, 6.07) is 64.0. The second-order valence-corrected chi connectivity index (χ2v) is 12.6. The van der Waals surface area contributed by atoms with Crippen LogP contribution in [0.4, 0.5) is 0 Å². The van der Waals surface area contributed by atoms with Gasteiger partial charge in [-0.05, 0) is 81.2 Å². The van der Waals surface area contributed by atoms with Crippen LogP contribution in [-0.2, 0) is 0 Å². The second-order valence-electron chi connectivity index (χ2n) is 12.6. The van der Waals surface area contributed by atoms with Gasteiger partial charge in [-0.15, -0.1) is 0 Å². The van der Waals surface area contributed by atoms with E-state index in [1.54, 1.807) is 0 Å². The van der Waals surface area contributed by atoms with Crippen LogP contribution in [0.3, 0.4) is 0 Å². The van der Waals surface area contributed by atoms with E-state index in [0.29, 0.717) is 0 Å². The summed E-state index contributed by atoms with van der Waals surface area (Å²) in [6.45, 7) is 0. The van der Waals surface area contributed by atoms with Crippen molar-refractivity contribution in [1.29, 1.82) is 0 Å². The lowest BCUT2D eigenvalue weighted by atomic mass is 9.94. The summed E-state index contributed by atoms with van der Waals surface area (Å²) in [5.74, 6) is 0. The normalized spacial score (nSPS) is 11.8. The molecule has 0 atom stereocenters. The molecule has 0 amide bonds. The van der Waals surface area contributed by atoms with Gasteiger partial charge in [0.05, 0.1) is 11.0 Å². The van der Waals surface area contributed by atoms with Gasteiger partial charge in [-0.1, -0.05) is 133 Å². The lowest BCUT2D eigenvalue weighted by molar-refractivity contribution is 1.19. The summed E-state index contributed by atoms with van der Waals surface area (Å²) in [6.07, 6.45) is 0. The molecule has 0 bridgehead atoms. The highest BCUT2D eigenvalue weighted by Gasteiger charge is 2.19. The molecule has 0 fully saturated rings. The Balaban J connectivity index is 1.28. The molecule has 10 rings (SSSR count). The number of hydrogen-bond acceptors (Lipinski definition) is 0. The molecule has 0 saturated heterocycles. The Morgan fingerprint density at radius 3 is 1.65 bits per heavy atom. The van der Waals surface area contributed by atoms with Crippen molar-refractivity contribution in [3.63, 3.8) is 0 Å². The third-order valence-electron chi connectivity index (χ3n) is 9.88. The SMILES string of the molecule is c1ccc(-c2cc(-c3ccccc3)cc(-n3c4ccccc4c4cc(-c5ccc6c(c5)[nH]c5ccccc56)c5ccccc5c43)c2)cc1. The highest BCUT2D eigenvalue weighted by molar-refractivity contribution is 6.22. The molecule has 2 nitrogen and oxygen atoms in total. The van der Waals surface area contributed by atoms with Crippen LogP contribution in [0, 0.1) is 0 Å². The van der Waals surface area contributed by atoms with Crippen molar-refractivity contribution in [2.45, 2.75) is 0 Å². The van der Waals surface area contributed by atoms with Crippen molar-refractivity contribution in [2.24, 2.45) is 0 Å². The average Bonchev–Trinajstić information content (AvgIpc) is 3.70. The van der Waals surface area contributed by atoms with Crippen molar-refractivity contribution in [2.75, 3.05) is 0 Å². The van der Waals surface area contributed by atoms with E-state index in [0.717, 1.165) is 11.2 Å². The Morgan fingerprint density at radius 2 is 0.917 bits per heavy atom. The molecule has 2 heteroatoms. The van der Waals surface area contributed by atoms with Crippen LogP contribution in [0.1, 0.15) is 0 Å². The van der Waals surface area contributed by atoms with E-state index in [9.17, 15) is 0 Å². The molecule has 1 N–H and O–H groups in total. The number of H-pyrrole nitrogens is 1. The summed E-state index contributed by atoms with van der Waals surface area (Å²) in [5, 5.41) is 7.50. The van der Waals surface area contributed by atoms with Gasteiger partial charge in [0.25, 0.3) is 0 Å². The van der Waals surface area contributed by atoms with E-state index in [1.807, 2.05) is 0 Å². The molecule has 48 heavy (non-hydrogen) atoms. The fourth-order valence-electron chi connectivity index (χ4n) is 7.69. The smallest absolute Gasteiger partial charge is 0.0619 e. The van der Waals surface area contributed by atoms with Crippen molar-refractivity contribution < 1.29 is 0 Å². The molecule has 2 aromatic heterocycles. The first kappa shape index (κ1) is 26.8. The number of aromatic nitrogens is 2. The van der Waals surface area contributed by atoms with Gasteiger partial charge in [0.1, 0.15) is 0 Å². The van der Waals surface area contributed by atoms with E-state index in [1.165, 1.54) is 82.2 Å². The predicted octanol–water partition coefficient (Wildman–Crippen LogP) is 12.6. The van der Waals surface area contributed by atoms with Crippen molar-refractivity contribution in [3.8, 4) is 39.1 Å². The molecule has 0 aliphatic carbocycles. The number of nitrogens with zero attached hydrogens (tertiary/aromatic N) is 1. The van der Waals surface area contributed by atoms with Crippen LogP contribution >= 0.6 is 0 Å². The van der Waals surface area contributed by atoms with E-state index in [2.05, 4.69) is 185 Å². The summed E-state index contributed by atoms with van der Waals surface area (Å²) in [4.78, 5) is 3.66. The summed E-state index contributed by atoms with van der Waals surface area (Å²) in [5.41, 5.74) is 13.2. The van der Waals surface area contributed by atoms with Crippen LogP contribution in [0.2, 0.25) is 0 Å². The Bertz CT molecular complexity index is 2760. The number of benzene rings is 8. The zero-order valence-corrected chi connectivity index (χ0v) is 26.2. The van der Waals surface area contributed by atoms with Gasteiger partial charge in [-0.2, -0.15) is 0 Å². The minimum absolute atomic E-state index is 1.15. The Kier molecular flexibility index (Phi) is 5.91. The summed E-state index contributed by atoms with van der Waals surface area (Å²) in [7, 11) is 0. The van der Waals surface area contributed by atoms with Crippen LogP contribution in [0.5, 0.6) is 0 Å². The molecule has 0 spiro atoms. The van der Waals surface area contributed by atoms with Gasteiger partial charge < -0.3 is 9.55 Å². The van der Waals surface area contributed by atoms with Gasteiger partial charge in [0.2, 0.25) is 0 Å². The first-order valence-electron chi connectivity index (χ1n) is 16.5. The standard InChI is InChI=1S/C46H30N2/c1-3-13-30(14-4-1)33-25-34(31-15-5-2-6-16-31)27-35(26-33)48-45-22-12-10-19-39(45)42-29-41(36-17-7-8-20-40(36)46(42)48)32-23-24-38-37-18-9-11-21-43(37)47-44(38)28-32/h1-29,47H. The van der Waals surface area contributed by atoms with Crippen molar-refractivity contribution in [3.05, 3.63) is 176 Å². The van der Waals surface area contributed by atoms with Crippen molar-refractivity contribution in [1.82, 2.24) is 9.55 Å². The second kappa shape index (κ2) is 10.6. The molecule has 8 aromatic carbocycles. The number of rotatable bonds is 4. The van der Waals surface area contributed by atoms with Gasteiger partial charge >= 0.3 is 0 Å². The fraction of sp³-hybridized carbons (Fsp3) is 0.